The lowest BCUT2D eigenvalue weighted by atomic mass is 10.3. The zero-order chi connectivity index (χ0) is 11.5. The molecule has 1 N–H and O–H groups in total. The Hall–Kier alpha value is -1.64. The van der Waals surface area contributed by atoms with Gasteiger partial charge in [-0.25, -0.2) is 9.97 Å². The highest BCUT2D eigenvalue weighted by molar-refractivity contribution is 7.13. The fraction of sp³-hybridized carbons (Fsp3) is 0.100. The first-order valence-corrected chi connectivity index (χ1v) is 5.70. The minimum absolute atomic E-state index is 0.317. The fourth-order valence-corrected chi connectivity index (χ4v) is 2.02. The average molecular weight is 251 g/mol. The van der Waals surface area contributed by atoms with Crippen molar-refractivity contribution in [1.82, 2.24) is 9.97 Å². The van der Waals surface area contributed by atoms with Gasteiger partial charge in [-0.05, 0) is 13.0 Å². The van der Waals surface area contributed by atoms with E-state index in [1.165, 1.54) is 17.5 Å². The van der Waals surface area contributed by atoms with Gasteiger partial charge in [0.15, 0.2) is 10.9 Å². The van der Waals surface area contributed by atoms with Gasteiger partial charge in [-0.1, -0.05) is 11.6 Å². The highest BCUT2D eigenvalue weighted by Crippen LogP contribution is 2.27. The number of nitrogens with zero attached hydrogens (tertiary/aromatic N) is 3. The van der Waals surface area contributed by atoms with E-state index in [4.69, 9.17) is 16.9 Å². The summed E-state index contributed by atoms with van der Waals surface area (Å²) in [5, 5.41) is 14.7. The molecular formula is C10H7ClN4S. The third kappa shape index (κ3) is 2.13. The lowest BCUT2D eigenvalue weighted by molar-refractivity contribution is 1.23. The smallest absolute Gasteiger partial charge is 0.188 e. The molecule has 16 heavy (non-hydrogen) atoms. The van der Waals surface area contributed by atoms with Crippen LogP contribution in [0.4, 0.5) is 10.9 Å². The second-order valence-corrected chi connectivity index (χ2v) is 4.29. The summed E-state index contributed by atoms with van der Waals surface area (Å²) in [5.41, 5.74) is 1.33. The number of thiazole rings is 1. The van der Waals surface area contributed by atoms with E-state index in [2.05, 4.69) is 15.3 Å². The number of nitriles is 1. The number of pyridine rings is 1. The van der Waals surface area contributed by atoms with Gasteiger partial charge in [0.1, 0.15) is 11.1 Å². The Balaban J connectivity index is 2.32. The van der Waals surface area contributed by atoms with Crippen molar-refractivity contribution in [3.05, 3.63) is 33.9 Å². The van der Waals surface area contributed by atoms with Crippen LogP contribution in [0.15, 0.2) is 17.6 Å². The standard InChI is InChI=1S/C10H7ClN4S/c1-6-5-16-10(14-6)15-9-8(11)7(4-12)2-3-13-9/h2-3,5H,1H3,(H,13,14,15). The Morgan fingerprint density at radius 2 is 2.38 bits per heavy atom. The molecule has 0 fully saturated rings. The van der Waals surface area contributed by atoms with Crippen molar-refractivity contribution in [1.29, 1.82) is 5.26 Å². The molecule has 0 radical (unpaired) electrons. The topological polar surface area (TPSA) is 61.6 Å². The van der Waals surface area contributed by atoms with E-state index in [1.54, 1.807) is 6.07 Å². The van der Waals surface area contributed by atoms with Gasteiger partial charge >= 0.3 is 0 Å². The summed E-state index contributed by atoms with van der Waals surface area (Å²) in [6.07, 6.45) is 1.53. The Morgan fingerprint density at radius 1 is 1.56 bits per heavy atom. The van der Waals surface area contributed by atoms with Crippen LogP contribution in [-0.2, 0) is 0 Å². The molecule has 0 aliphatic carbocycles. The van der Waals surface area contributed by atoms with Crippen LogP contribution in [0.2, 0.25) is 5.02 Å². The molecule has 0 saturated heterocycles. The first kappa shape index (κ1) is 10.9. The van der Waals surface area contributed by atoms with Gasteiger partial charge in [0.25, 0.3) is 0 Å². The molecule has 0 aliphatic rings. The van der Waals surface area contributed by atoms with Gasteiger partial charge in [0.2, 0.25) is 0 Å². The summed E-state index contributed by atoms with van der Waals surface area (Å²) >= 11 is 7.46. The number of hydrogen-bond donors (Lipinski definition) is 1. The SMILES string of the molecule is Cc1csc(Nc2nccc(C#N)c2Cl)n1. The van der Waals surface area contributed by atoms with Crippen molar-refractivity contribution in [2.24, 2.45) is 0 Å². The van der Waals surface area contributed by atoms with E-state index < -0.39 is 0 Å². The van der Waals surface area contributed by atoms with Crippen LogP contribution in [-0.4, -0.2) is 9.97 Å². The van der Waals surface area contributed by atoms with Crippen LogP contribution in [0, 0.1) is 18.3 Å². The average Bonchev–Trinajstić information content (AvgIpc) is 2.67. The Labute approximate surface area is 102 Å². The zero-order valence-electron chi connectivity index (χ0n) is 8.36. The quantitative estimate of drug-likeness (QED) is 0.890. The molecule has 0 atom stereocenters. The summed E-state index contributed by atoms with van der Waals surface area (Å²) in [7, 11) is 0. The van der Waals surface area contributed by atoms with Crippen molar-refractivity contribution >= 4 is 33.9 Å². The van der Waals surface area contributed by atoms with Crippen LogP contribution in [0.1, 0.15) is 11.3 Å². The van der Waals surface area contributed by atoms with Crippen molar-refractivity contribution in [2.45, 2.75) is 6.92 Å². The van der Waals surface area contributed by atoms with Crippen molar-refractivity contribution in [3.8, 4) is 6.07 Å². The molecule has 2 aromatic heterocycles. The summed E-state index contributed by atoms with van der Waals surface area (Å²) in [6.45, 7) is 1.91. The number of anilines is 2. The van der Waals surface area contributed by atoms with Crippen LogP contribution >= 0.6 is 22.9 Å². The van der Waals surface area contributed by atoms with Crippen LogP contribution in [0.5, 0.6) is 0 Å². The number of halogens is 1. The number of aryl methyl sites for hydroxylation is 1. The van der Waals surface area contributed by atoms with E-state index in [-0.39, 0.29) is 0 Å². The fourth-order valence-electron chi connectivity index (χ4n) is 1.13. The molecule has 0 amide bonds. The molecule has 2 heterocycles. The normalized spacial score (nSPS) is 9.81. The molecule has 6 heteroatoms. The van der Waals surface area contributed by atoms with Gasteiger partial charge in [-0.15, -0.1) is 11.3 Å². The van der Waals surface area contributed by atoms with Crippen molar-refractivity contribution in [2.75, 3.05) is 5.32 Å². The minimum atomic E-state index is 0.317. The molecule has 0 aliphatic heterocycles. The maximum absolute atomic E-state index is 8.81. The second-order valence-electron chi connectivity index (χ2n) is 3.05. The molecule has 80 valence electrons. The molecule has 2 rings (SSSR count). The maximum atomic E-state index is 8.81. The van der Waals surface area contributed by atoms with Gasteiger partial charge in [0, 0.05) is 11.6 Å². The van der Waals surface area contributed by atoms with Gasteiger partial charge in [0.05, 0.1) is 11.3 Å². The van der Waals surface area contributed by atoms with Gasteiger partial charge in [-0.3, -0.25) is 0 Å². The lowest BCUT2D eigenvalue weighted by Gasteiger charge is -2.04. The van der Waals surface area contributed by atoms with E-state index >= 15 is 0 Å². The Kier molecular flexibility index (Phi) is 3.04. The van der Waals surface area contributed by atoms with E-state index in [0.29, 0.717) is 21.5 Å². The largest absolute Gasteiger partial charge is 0.315 e. The molecule has 0 aromatic carbocycles. The zero-order valence-corrected chi connectivity index (χ0v) is 9.93. The number of rotatable bonds is 2. The number of nitrogens with one attached hydrogen (secondary N) is 1. The van der Waals surface area contributed by atoms with Crippen LogP contribution < -0.4 is 5.32 Å². The van der Waals surface area contributed by atoms with Crippen molar-refractivity contribution in [3.63, 3.8) is 0 Å². The van der Waals surface area contributed by atoms with Crippen molar-refractivity contribution < 1.29 is 0 Å². The molecule has 2 aromatic rings. The first-order chi connectivity index (χ1) is 7.70. The maximum Gasteiger partial charge on any atom is 0.188 e. The van der Waals surface area contributed by atoms with Gasteiger partial charge < -0.3 is 5.32 Å². The lowest BCUT2D eigenvalue weighted by Crippen LogP contribution is -1.95. The predicted molar refractivity (Wildman–Crippen MR) is 64.1 cm³/mol. The number of aromatic nitrogens is 2. The summed E-state index contributed by atoms with van der Waals surface area (Å²) in [5.74, 6) is 0.454. The van der Waals surface area contributed by atoms with Crippen LogP contribution in [0.3, 0.4) is 0 Å². The van der Waals surface area contributed by atoms with Crippen LogP contribution in [0.25, 0.3) is 0 Å². The molecular weight excluding hydrogens is 244 g/mol. The highest BCUT2D eigenvalue weighted by atomic mass is 35.5. The summed E-state index contributed by atoms with van der Waals surface area (Å²) < 4.78 is 0. The molecule has 0 unspecified atom stereocenters. The second kappa shape index (κ2) is 4.47. The molecule has 0 saturated carbocycles. The predicted octanol–water partition coefficient (Wildman–Crippen LogP) is 3.12. The Morgan fingerprint density at radius 3 is 3.00 bits per heavy atom. The molecule has 0 spiro atoms. The molecule has 0 bridgehead atoms. The summed E-state index contributed by atoms with van der Waals surface area (Å²) in [4.78, 5) is 8.29. The Bertz CT molecular complexity index is 558. The minimum Gasteiger partial charge on any atom is -0.315 e. The number of hydrogen-bond acceptors (Lipinski definition) is 5. The third-order valence-corrected chi connectivity index (χ3v) is 3.11. The van der Waals surface area contributed by atoms with E-state index in [0.717, 1.165) is 5.69 Å². The highest BCUT2D eigenvalue weighted by Gasteiger charge is 2.08. The first-order valence-electron chi connectivity index (χ1n) is 4.44. The monoisotopic (exact) mass is 250 g/mol. The third-order valence-electron chi connectivity index (χ3n) is 1.85. The van der Waals surface area contributed by atoms with E-state index in [9.17, 15) is 0 Å². The summed E-state index contributed by atoms with van der Waals surface area (Å²) in [6, 6.07) is 3.57. The molecule has 4 nitrogen and oxygen atoms in total. The van der Waals surface area contributed by atoms with Gasteiger partial charge in [-0.2, -0.15) is 5.26 Å². The van der Waals surface area contributed by atoms with E-state index in [1.807, 2.05) is 18.4 Å².